The van der Waals surface area contributed by atoms with Crippen LogP contribution in [0, 0.1) is 0 Å². The molecule has 0 fully saturated rings. The van der Waals surface area contributed by atoms with Gasteiger partial charge >= 0.3 is 0 Å². The molecule has 32 heavy (non-hydrogen) atoms. The maximum Gasteiger partial charge on any atom is 0.257 e. The Labute approximate surface area is 196 Å². The van der Waals surface area contributed by atoms with E-state index in [1.165, 1.54) is 54.3 Å². The zero-order valence-electron chi connectivity index (χ0n) is 18.3. The Bertz CT molecular complexity index is 1020. The Kier molecular flexibility index (Phi) is 9.25. The maximum atomic E-state index is 12.5. The molecule has 3 rings (SSSR count). The average molecular weight is 470 g/mol. The molecule has 0 aliphatic heterocycles. The van der Waals surface area contributed by atoms with E-state index in [-0.39, 0.29) is 17.4 Å². The normalized spacial score (nSPS) is 10.7. The number of Topliss-reactive ketones (excluding diaryl/α,β-unsaturated/α-hetero) is 1. The van der Waals surface area contributed by atoms with Gasteiger partial charge in [0.05, 0.1) is 12.9 Å². The minimum atomic E-state index is -0.218. The number of hydrogen-bond donors (Lipinski definition) is 1. The number of ether oxygens (including phenoxy) is 1. The smallest absolute Gasteiger partial charge is 0.257 e. The van der Waals surface area contributed by atoms with Crippen LogP contribution in [-0.2, 0) is 6.42 Å². The van der Waals surface area contributed by atoms with Crippen molar-refractivity contribution in [2.45, 2.75) is 43.4 Å². The van der Waals surface area contributed by atoms with Gasteiger partial charge in [-0.15, -0.1) is 10.2 Å². The molecule has 0 radical (unpaired) electrons. The quantitative estimate of drug-likeness (QED) is 0.154. The highest BCUT2D eigenvalue weighted by Gasteiger charge is 2.13. The minimum absolute atomic E-state index is 0.00628. The number of benzene rings is 2. The summed E-state index contributed by atoms with van der Waals surface area (Å²) in [5, 5.41) is 11.3. The fourth-order valence-electron chi connectivity index (χ4n) is 3.05. The lowest BCUT2D eigenvalue weighted by atomic mass is 10.0. The van der Waals surface area contributed by atoms with Crippen molar-refractivity contribution in [3.05, 3.63) is 65.2 Å². The molecule has 0 aliphatic rings. The molecule has 0 unspecified atom stereocenters. The van der Waals surface area contributed by atoms with Crippen LogP contribution in [0.1, 0.15) is 58.9 Å². The third-order valence-electron chi connectivity index (χ3n) is 4.90. The lowest BCUT2D eigenvalue weighted by molar-refractivity contribution is 0.101. The topological polar surface area (TPSA) is 81.2 Å². The van der Waals surface area contributed by atoms with Gasteiger partial charge < -0.3 is 4.74 Å². The van der Waals surface area contributed by atoms with Crippen molar-refractivity contribution in [1.29, 1.82) is 0 Å². The first-order valence-electron chi connectivity index (χ1n) is 10.6. The Hall–Kier alpha value is -2.71. The van der Waals surface area contributed by atoms with Crippen molar-refractivity contribution in [3.8, 4) is 5.75 Å². The molecule has 1 amide bonds. The highest BCUT2D eigenvalue weighted by Crippen LogP contribution is 2.26. The van der Waals surface area contributed by atoms with Crippen LogP contribution in [0.4, 0.5) is 5.13 Å². The summed E-state index contributed by atoms with van der Waals surface area (Å²) in [6.07, 6.45) is 5.93. The van der Waals surface area contributed by atoms with Crippen LogP contribution in [0.2, 0.25) is 0 Å². The van der Waals surface area contributed by atoms with E-state index < -0.39 is 0 Å². The van der Waals surface area contributed by atoms with Crippen LogP contribution in [0.3, 0.4) is 0 Å². The Morgan fingerprint density at radius 3 is 2.38 bits per heavy atom. The van der Waals surface area contributed by atoms with Gasteiger partial charge in [-0.05, 0) is 54.8 Å². The molecule has 1 heterocycles. The number of rotatable bonds is 12. The van der Waals surface area contributed by atoms with E-state index in [4.69, 9.17) is 4.74 Å². The highest BCUT2D eigenvalue weighted by atomic mass is 32.2. The number of hydrogen-bond acceptors (Lipinski definition) is 7. The van der Waals surface area contributed by atoms with E-state index in [9.17, 15) is 9.59 Å². The Morgan fingerprint density at radius 2 is 1.69 bits per heavy atom. The Morgan fingerprint density at radius 1 is 0.969 bits per heavy atom. The second-order valence-electron chi connectivity index (χ2n) is 7.28. The van der Waals surface area contributed by atoms with Gasteiger partial charge in [0.15, 0.2) is 10.1 Å². The third-order valence-corrected chi connectivity index (χ3v) is 6.87. The van der Waals surface area contributed by atoms with Crippen molar-refractivity contribution < 1.29 is 14.3 Å². The fraction of sp³-hybridized carbons (Fsp3) is 0.333. The number of aryl methyl sites for hydroxylation is 1. The predicted octanol–water partition coefficient (Wildman–Crippen LogP) is 5.90. The molecular formula is C24H27N3O3S2. The highest BCUT2D eigenvalue weighted by molar-refractivity contribution is 8.01. The van der Waals surface area contributed by atoms with Crippen LogP contribution >= 0.6 is 23.1 Å². The number of ketones is 1. The standard InChI is InChI=1S/C24H27N3O3S2/c1-3-4-5-6-7-17-8-10-19(11-9-17)22(29)25-23-26-27-24(32-23)31-16-21(28)18-12-14-20(30-2)15-13-18/h8-15H,3-7,16H2,1-2H3,(H,25,26,29). The van der Waals surface area contributed by atoms with Gasteiger partial charge in [-0.2, -0.15) is 0 Å². The monoisotopic (exact) mass is 469 g/mol. The van der Waals surface area contributed by atoms with Crippen molar-refractivity contribution in [1.82, 2.24) is 10.2 Å². The van der Waals surface area contributed by atoms with Crippen LogP contribution in [0.25, 0.3) is 0 Å². The van der Waals surface area contributed by atoms with Gasteiger partial charge in [-0.25, -0.2) is 0 Å². The molecule has 8 heteroatoms. The molecule has 0 atom stereocenters. The SMILES string of the molecule is CCCCCCc1ccc(C(=O)Nc2nnc(SCC(=O)c3ccc(OC)cc3)s2)cc1. The summed E-state index contributed by atoms with van der Waals surface area (Å²) in [6, 6.07) is 14.7. The van der Waals surface area contributed by atoms with Crippen molar-refractivity contribution in [2.75, 3.05) is 18.2 Å². The minimum Gasteiger partial charge on any atom is -0.497 e. The molecule has 1 aromatic heterocycles. The zero-order chi connectivity index (χ0) is 22.8. The number of unbranched alkanes of at least 4 members (excludes halogenated alkanes) is 3. The summed E-state index contributed by atoms with van der Waals surface area (Å²) in [5.41, 5.74) is 2.44. The molecule has 0 aliphatic carbocycles. The van der Waals surface area contributed by atoms with Crippen molar-refractivity contribution in [2.24, 2.45) is 0 Å². The molecule has 3 aromatic rings. The van der Waals surface area contributed by atoms with E-state index >= 15 is 0 Å². The number of aromatic nitrogens is 2. The zero-order valence-corrected chi connectivity index (χ0v) is 19.9. The van der Waals surface area contributed by atoms with E-state index in [0.717, 1.165) is 6.42 Å². The molecule has 0 saturated heterocycles. The van der Waals surface area contributed by atoms with E-state index in [0.29, 0.717) is 26.3 Å². The molecule has 2 aromatic carbocycles. The average Bonchev–Trinajstić information content (AvgIpc) is 3.28. The van der Waals surface area contributed by atoms with Crippen LogP contribution in [-0.4, -0.2) is 34.8 Å². The summed E-state index contributed by atoms with van der Waals surface area (Å²) < 4.78 is 5.74. The molecule has 1 N–H and O–H groups in total. The van der Waals surface area contributed by atoms with Crippen molar-refractivity contribution in [3.63, 3.8) is 0 Å². The summed E-state index contributed by atoms with van der Waals surface area (Å²) in [5.74, 6) is 0.729. The molecule has 168 valence electrons. The summed E-state index contributed by atoms with van der Waals surface area (Å²) in [7, 11) is 1.59. The number of amides is 1. The van der Waals surface area contributed by atoms with Crippen LogP contribution in [0.15, 0.2) is 52.9 Å². The van der Waals surface area contributed by atoms with Gasteiger partial charge in [0.2, 0.25) is 5.13 Å². The van der Waals surface area contributed by atoms with Gasteiger partial charge in [-0.1, -0.05) is 61.4 Å². The fourth-order valence-corrected chi connectivity index (χ4v) is 4.70. The molecular weight excluding hydrogens is 442 g/mol. The van der Waals surface area contributed by atoms with Crippen molar-refractivity contribution >= 4 is 39.9 Å². The summed E-state index contributed by atoms with van der Waals surface area (Å²) >= 11 is 2.56. The lowest BCUT2D eigenvalue weighted by Crippen LogP contribution is -2.11. The maximum absolute atomic E-state index is 12.5. The lowest BCUT2D eigenvalue weighted by Gasteiger charge is -2.04. The number of anilines is 1. The number of carbonyl (C=O) groups is 2. The van der Waals surface area contributed by atoms with E-state index in [2.05, 4.69) is 22.4 Å². The number of nitrogens with zero attached hydrogens (tertiary/aromatic N) is 2. The van der Waals surface area contributed by atoms with Gasteiger partial charge in [0, 0.05) is 11.1 Å². The second-order valence-corrected chi connectivity index (χ2v) is 9.48. The first kappa shape index (κ1) is 23.9. The number of methoxy groups -OCH3 is 1. The van der Waals surface area contributed by atoms with Crippen LogP contribution < -0.4 is 10.1 Å². The van der Waals surface area contributed by atoms with Gasteiger partial charge in [-0.3, -0.25) is 14.9 Å². The van der Waals surface area contributed by atoms with Crippen LogP contribution in [0.5, 0.6) is 5.75 Å². The van der Waals surface area contributed by atoms with E-state index in [1.54, 1.807) is 31.4 Å². The first-order valence-corrected chi connectivity index (χ1v) is 12.4. The van der Waals surface area contributed by atoms with Gasteiger partial charge in [0.25, 0.3) is 5.91 Å². The molecule has 0 bridgehead atoms. The second kappa shape index (κ2) is 12.4. The number of carbonyl (C=O) groups excluding carboxylic acids is 2. The van der Waals surface area contributed by atoms with E-state index in [1.807, 2.05) is 24.3 Å². The summed E-state index contributed by atoms with van der Waals surface area (Å²) in [6.45, 7) is 2.20. The first-order chi connectivity index (χ1) is 15.6. The predicted molar refractivity (Wildman–Crippen MR) is 130 cm³/mol. The molecule has 0 saturated carbocycles. The molecule has 0 spiro atoms. The third kappa shape index (κ3) is 7.17. The number of thioether (sulfide) groups is 1. The number of nitrogens with one attached hydrogen (secondary N) is 1. The van der Waals surface area contributed by atoms with Gasteiger partial charge in [0.1, 0.15) is 5.75 Å². The largest absolute Gasteiger partial charge is 0.497 e. The Balaban J connectivity index is 1.47. The summed E-state index contributed by atoms with van der Waals surface area (Å²) in [4.78, 5) is 24.8. The molecule has 6 nitrogen and oxygen atoms in total.